The lowest BCUT2D eigenvalue weighted by Gasteiger charge is -2.39. The van der Waals surface area contributed by atoms with Gasteiger partial charge in [-0.1, -0.05) is 0 Å². The van der Waals surface area contributed by atoms with Crippen molar-refractivity contribution in [1.29, 1.82) is 0 Å². The Morgan fingerprint density at radius 1 is 1.10 bits per heavy atom. The van der Waals surface area contributed by atoms with Gasteiger partial charge in [-0.15, -0.1) is 0 Å². The minimum Gasteiger partial charge on any atom is -0.478 e. The minimum atomic E-state index is -1.53. The summed E-state index contributed by atoms with van der Waals surface area (Å²) in [5.41, 5.74) is 0.0659. The van der Waals surface area contributed by atoms with E-state index in [1.807, 2.05) is 0 Å². The van der Waals surface area contributed by atoms with Crippen LogP contribution in [-0.4, -0.2) is 68.8 Å². The van der Waals surface area contributed by atoms with Crippen molar-refractivity contribution in [2.24, 2.45) is 0 Å². The van der Waals surface area contributed by atoms with Crippen LogP contribution in [0.25, 0.3) is 0 Å². The lowest BCUT2D eigenvalue weighted by atomic mass is 9.99. The summed E-state index contributed by atoms with van der Waals surface area (Å²) < 4.78 is 10.5. The fourth-order valence-electron chi connectivity index (χ4n) is 1.97. The molecule has 0 amide bonds. The summed E-state index contributed by atoms with van der Waals surface area (Å²) >= 11 is 0. The first-order valence-electron chi connectivity index (χ1n) is 6.24. The van der Waals surface area contributed by atoms with Crippen LogP contribution in [0.15, 0.2) is 24.3 Å². The van der Waals surface area contributed by atoms with Crippen LogP contribution in [0, 0.1) is 0 Å². The van der Waals surface area contributed by atoms with Crippen LogP contribution in [0.5, 0.6) is 5.75 Å². The Bertz CT molecular complexity index is 485. The first kappa shape index (κ1) is 15.7. The van der Waals surface area contributed by atoms with Crippen LogP contribution in [0.3, 0.4) is 0 Å². The van der Waals surface area contributed by atoms with Gasteiger partial charge in [0.2, 0.25) is 6.29 Å². The van der Waals surface area contributed by atoms with Crippen molar-refractivity contribution in [2.75, 3.05) is 6.61 Å². The van der Waals surface area contributed by atoms with Gasteiger partial charge < -0.3 is 35.0 Å². The number of aliphatic hydroxyl groups is 4. The smallest absolute Gasteiger partial charge is 0.335 e. The number of aromatic carboxylic acids is 1. The highest BCUT2D eigenvalue weighted by molar-refractivity contribution is 5.87. The molecule has 1 aliphatic heterocycles. The van der Waals surface area contributed by atoms with Crippen molar-refractivity contribution in [3.63, 3.8) is 0 Å². The molecule has 0 bridgehead atoms. The number of aliphatic hydroxyl groups excluding tert-OH is 4. The van der Waals surface area contributed by atoms with E-state index < -0.39 is 43.3 Å². The average Bonchev–Trinajstić information content (AvgIpc) is 2.48. The molecule has 0 saturated carbocycles. The Labute approximate surface area is 119 Å². The molecule has 116 valence electrons. The second kappa shape index (κ2) is 6.37. The van der Waals surface area contributed by atoms with E-state index in [0.29, 0.717) is 0 Å². The van der Waals surface area contributed by atoms with E-state index in [2.05, 4.69) is 0 Å². The Balaban J connectivity index is 2.08. The monoisotopic (exact) mass is 300 g/mol. The second-order valence-corrected chi connectivity index (χ2v) is 4.64. The van der Waals surface area contributed by atoms with Crippen molar-refractivity contribution in [3.05, 3.63) is 29.8 Å². The standard InChI is InChI=1S/C13H16O8/c14-5-8-9(15)10(16)11(17)13(21-8)20-7-3-1-6(2-4-7)12(18)19/h1-4,8-11,13-17H,5H2,(H,18,19)/t8-,9-,10+,11-,13?/m1/s1. The molecule has 1 fully saturated rings. The van der Waals surface area contributed by atoms with Gasteiger partial charge in [0.1, 0.15) is 30.2 Å². The van der Waals surface area contributed by atoms with E-state index in [0.717, 1.165) is 0 Å². The van der Waals surface area contributed by atoms with Crippen LogP contribution in [-0.2, 0) is 4.74 Å². The van der Waals surface area contributed by atoms with Gasteiger partial charge in [0.05, 0.1) is 12.2 Å². The largest absolute Gasteiger partial charge is 0.478 e. The molecule has 1 aromatic carbocycles. The van der Waals surface area contributed by atoms with E-state index in [4.69, 9.17) is 19.7 Å². The maximum Gasteiger partial charge on any atom is 0.335 e. The first-order chi connectivity index (χ1) is 9.93. The van der Waals surface area contributed by atoms with E-state index in [1.165, 1.54) is 24.3 Å². The topological polar surface area (TPSA) is 137 Å². The fraction of sp³-hybridized carbons (Fsp3) is 0.462. The number of carboxylic acid groups (broad SMARTS) is 1. The highest BCUT2D eigenvalue weighted by Gasteiger charge is 2.44. The van der Waals surface area contributed by atoms with Gasteiger partial charge in [0.15, 0.2) is 0 Å². The molecule has 5 N–H and O–H groups in total. The Morgan fingerprint density at radius 3 is 2.24 bits per heavy atom. The molecule has 0 aromatic heterocycles. The number of hydrogen-bond acceptors (Lipinski definition) is 7. The molecule has 1 aliphatic rings. The molecule has 0 radical (unpaired) electrons. The molecule has 0 spiro atoms. The van der Waals surface area contributed by atoms with Crippen molar-refractivity contribution < 1.29 is 39.8 Å². The minimum absolute atomic E-state index is 0.0659. The predicted molar refractivity (Wildman–Crippen MR) is 67.8 cm³/mol. The molecule has 1 saturated heterocycles. The van der Waals surface area contributed by atoms with Crippen LogP contribution in [0.2, 0.25) is 0 Å². The van der Waals surface area contributed by atoms with Crippen LogP contribution in [0.4, 0.5) is 0 Å². The molecule has 0 aliphatic carbocycles. The fourth-order valence-corrected chi connectivity index (χ4v) is 1.97. The Morgan fingerprint density at radius 2 is 1.71 bits per heavy atom. The molecule has 21 heavy (non-hydrogen) atoms. The molecular weight excluding hydrogens is 284 g/mol. The highest BCUT2D eigenvalue weighted by atomic mass is 16.7. The third-order valence-corrected chi connectivity index (χ3v) is 3.20. The summed E-state index contributed by atoms with van der Waals surface area (Å²) in [6.45, 7) is -0.553. The van der Waals surface area contributed by atoms with Crippen LogP contribution >= 0.6 is 0 Å². The van der Waals surface area contributed by atoms with Gasteiger partial charge in [-0.3, -0.25) is 0 Å². The number of ether oxygens (including phenoxy) is 2. The van der Waals surface area contributed by atoms with Gasteiger partial charge in [-0.05, 0) is 24.3 Å². The van der Waals surface area contributed by atoms with E-state index in [9.17, 15) is 20.1 Å². The third kappa shape index (κ3) is 3.31. The van der Waals surface area contributed by atoms with E-state index in [1.54, 1.807) is 0 Å². The molecule has 1 unspecified atom stereocenters. The molecule has 1 heterocycles. The van der Waals surface area contributed by atoms with E-state index >= 15 is 0 Å². The SMILES string of the molecule is O=C(O)c1ccc(OC2O[C@H](CO)[C@@H](O)[C@H](O)[C@H]2O)cc1. The van der Waals surface area contributed by atoms with Crippen molar-refractivity contribution in [2.45, 2.75) is 30.7 Å². The highest BCUT2D eigenvalue weighted by Crippen LogP contribution is 2.24. The summed E-state index contributed by atoms with van der Waals surface area (Å²) in [6, 6.07) is 5.35. The van der Waals surface area contributed by atoms with Gasteiger partial charge >= 0.3 is 5.97 Å². The molecule has 5 atom stereocenters. The van der Waals surface area contributed by atoms with Crippen LogP contribution < -0.4 is 4.74 Å². The quantitative estimate of drug-likeness (QED) is 0.456. The zero-order valence-corrected chi connectivity index (χ0v) is 10.9. The summed E-state index contributed by atoms with van der Waals surface area (Å²) in [6.07, 6.45) is -6.86. The van der Waals surface area contributed by atoms with Crippen molar-refractivity contribution >= 4 is 5.97 Å². The molecular formula is C13H16O8. The molecule has 8 heteroatoms. The maximum absolute atomic E-state index is 10.7. The Kier molecular flexibility index (Phi) is 4.76. The molecule has 8 nitrogen and oxygen atoms in total. The second-order valence-electron chi connectivity index (χ2n) is 4.64. The van der Waals surface area contributed by atoms with Gasteiger partial charge in [-0.2, -0.15) is 0 Å². The zero-order valence-electron chi connectivity index (χ0n) is 10.9. The van der Waals surface area contributed by atoms with Gasteiger partial charge in [0, 0.05) is 0 Å². The van der Waals surface area contributed by atoms with Gasteiger partial charge in [-0.25, -0.2) is 4.79 Å². The van der Waals surface area contributed by atoms with Crippen molar-refractivity contribution in [3.8, 4) is 5.75 Å². The summed E-state index contributed by atoms with van der Waals surface area (Å²) in [7, 11) is 0. The summed E-state index contributed by atoms with van der Waals surface area (Å²) in [5, 5.41) is 46.9. The lowest BCUT2D eigenvalue weighted by molar-refractivity contribution is -0.277. The molecule has 2 rings (SSSR count). The summed E-state index contributed by atoms with van der Waals surface area (Å²) in [5.74, 6) is -0.876. The summed E-state index contributed by atoms with van der Waals surface area (Å²) in [4.78, 5) is 10.7. The Hall–Kier alpha value is -1.71. The number of carbonyl (C=O) groups is 1. The number of hydrogen-bond donors (Lipinski definition) is 5. The predicted octanol–water partition coefficient (Wildman–Crippen LogP) is -1.44. The zero-order chi connectivity index (χ0) is 15.6. The maximum atomic E-state index is 10.7. The van der Waals surface area contributed by atoms with E-state index in [-0.39, 0.29) is 11.3 Å². The van der Waals surface area contributed by atoms with Gasteiger partial charge in [0.25, 0.3) is 0 Å². The van der Waals surface area contributed by atoms with Crippen molar-refractivity contribution in [1.82, 2.24) is 0 Å². The normalized spacial score (nSPS) is 32.7. The van der Waals surface area contributed by atoms with Crippen LogP contribution in [0.1, 0.15) is 10.4 Å². The number of benzene rings is 1. The third-order valence-electron chi connectivity index (χ3n) is 3.20. The first-order valence-corrected chi connectivity index (χ1v) is 6.24. The average molecular weight is 300 g/mol. The number of carboxylic acids is 1. The number of rotatable bonds is 4. The molecule has 1 aromatic rings. The lowest BCUT2D eigenvalue weighted by Crippen LogP contribution is -2.60.